The lowest BCUT2D eigenvalue weighted by atomic mass is 10.1. The van der Waals surface area contributed by atoms with Gasteiger partial charge in [-0.3, -0.25) is 4.79 Å². The van der Waals surface area contributed by atoms with Crippen molar-refractivity contribution in [1.82, 2.24) is 24.6 Å². The maximum absolute atomic E-state index is 11.6. The molecule has 8 heteroatoms. The fourth-order valence-electron chi connectivity index (χ4n) is 3.41. The molecule has 0 bridgehead atoms. The molecule has 1 fully saturated rings. The second-order valence-electron chi connectivity index (χ2n) is 6.61. The molecule has 1 saturated heterocycles. The van der Waals surface area contributed by atoms with Crippen molar-refractivity contribution in [3.63, 3.8) is 0 Å². The van der Waals surface area contributed by atoms with Crippen molar-refractivity contribution < 1.29 is 4.79 Å². The number of hydrogen-bond acceptors (Lipinski definition) is 5. The minimum absolute atomic E-state index is 0.180. The summed E-state index contributed by atoms with van der Waals surface area (Å²) in [7, 11) is 2.10. The van der Waals surface area contributed by atoms with Gasteiger partial charge in [-0.1, -0.05) is 23.7 Å². The van der Waals surface area contributed by atoms with E-state index in [2.05, 4.69) is 27.2 Å². The zero-order valence-corrected chi connectivity index (χ0v) is 15.4. The van der Waals surface area contributed by atoms with Crippen LogP contribution < -0.4 is 5.32 Å². The highest BCUT2D eigenvalue weighted by atomic mass is 35.5. The maximum Gasteiger partial charge on any atom is 0.222 e. The molecular weight excluding hydrogens is 352 g/mol. The van der Waals surface area contributed by atoms with Gasteiger partial charge in [0.25, 0.3) is 0 Å². The topological polar surface area (TPSA) is 75.9 Å². The van der Waals surface area contributed by atoms with Gasteiger partial charge in [0, 0.05) is 30.6 Å². The van der Waals surface area contributed by atoms with Crippen LogP contribution in [0.4, 0.5) is 5.82 Å². The Morgan fingerprint density at radius 1 is 1.27 bits per heavy atom. The summed E-state index contributed by atoms with van der Waals surface area (Å²) in [5.74, 6) is 0.297. The molecule has 134 valence electrons. The highest BCUT2D eigenvalue weighted by molar-refractivity contribution is 6.30. The fourth-order valence-corrected chi connectivity index (χ4v) is 3.54. The summed E-state index contributed by atoms with van der Waals surface area (Å²) in [6, 6.07) is 7.73. The number of anilines is 1. The van der Waals surface area contributed by atoms with Crippen LogP contribution in [0.1, 0.15) is 19.4 Å². The van der Waals surface area contributed by atoms with Crippen molar-refractivity contribution in [3.8, 4) is 11.3 Å². The number of fused-ring (bicyclic) bond motifs is 1. The number of likely N-dealkylation sites (N-methyl/N-ethyl adjacent to an activating group) is 1. The predicted octanol–water partition coefficient (Wildman–Crippen LogP) is 2.98. The van der Waals surface area contributed by atoms with E-state index in [9.17, 15) is 4.79 Å². The smallest absolute Gasteiger partial charge is 0.222 e. The van der Waals surface area contributed by atoms with Crippen molar-refractivity contribution in [2.24, 2.45) is 0 Å². The van der Waals surface area contributed by atoms with Crippen LogP contribution in [0.2, 0.25) is 5.02 Å². The van der Waals surface area contributed by atoms with Crippen LogP contribution in [0.3, 0.4) is 0 Å². The van der Waals surface area contributed by atoms with Gasteiger partial charge in [0.05, 0.1) is 11.4 Å². The number of rotatable bonds is 3. The van der Waals surface area contributed by atoms with E-state index in [4.69, 9.17) is 16.7 Å². The largest absolute Gasteiger partial charge is 0.310 e. The SMILES string of the molecule is CC(=O)Nc1ncnc2c1c(-c1ccc(Cl)cc1)nn2[C@@H]1CCN(C)C1. The van der Waals surface area contributed by atoms with E-state index in [0.717, 1.165) is 41.8 Å². The summed E-state index contributed by atoms with van der Waals surface area (Å²) in [6.07, 6.45) is 2.48. The summed E-state index contributed by atoms with van der Waals surface area (Å²) in [5, 5.41) is 9.08. The zero-order chi connectivity index (χ0) is 18.3. The Bertz CT molecular complexity index is 968. The second kappa shape index (κ2) is 6.66. The van der Waals surface area contributed by atoms with Crippen molar-refractivity contribution in [1.29, 1.82) is 0 Å². The second-order valence-corrected chi connectivity index (χ2v) is 7.04. The molecule has 26 heavy (non-hydrogen) atoms. The average molecular weight is 371 g/mol. The van der Waals surface area contributed by atoms with Gasteiger partial charge in [-0.15, -0.1) is 0 Å². The molecule has 0 radical (unpaired) electrons. The van der Waals surface area contributed by atoms with E-state index >= 15 is 0 Å². The number of halogens is 1. The minimum Gasteiger partial charge on any atom is -0.310 e. The molecule has 1 aliphatic heterocycles. The number of carbonyl (C=O) groups excluding carboxylic acids is 1. The number of nitrogens with zero attached hydrogens (tertiary/aromatic N) is 5. The first kappa shape index (κ1) is 16.9. The summed E-state index contributed by atoms with van der Waals surface area (Å²) >= 11 is 6.03. The van der Waals surface area contributed by atoms with Gasteiger partial charge in [0.15, 0.2) is 5.65 Å². The lowest BCUT2D eigenvalue weighted by molar-refractivity contribution is -0.114. The zero-order valence-electron chi connectivity index (χ0n) is 14.6. The fraction of sp³-hybridized carbons (Fsp3) is 0.333. The molecule has 0 unspecified atom stereocenters. The maximum atomic E-state index is 11.6. The monoisotopic (exact) mass is 370 g/mol. The normalized spacial score (nSPS) is 17.7. The number of amides is 1. The molecule has 3 heterocycles. The first-order valence-corrected chi connectivity index (χ1v) is 8.86. The van der Waals surface area contributed by atoms with Crippen LogP contribution in [0.15, 0.2) is 30.6 Å². The summed E-state index contributed by atoms with van der Waals surface area (Å²) in [5.41, 5.74) is 2.38. The lowest BCUT2D eigenvalue weighted by Gasteiger charge is -2.11. The number of nitrogens with one attached hydrogen (secondary N) is 1. The molecule has 0 saturated carbocycles. The van der Waals surface area contributed by atoms with E-state index in [1.165, 1.54) is 13.3 Å². The highest BCUT2D eigenvalue weighted by Crippen LogP contribution is 2.34. The van der Waals surface area contributed by atoms with E-state index in [1.807, 2.05) is 28.9 Å². The number of carbonyl (C=O) groups is 1. The molecule has 2 aromatic heterocycles. The van der Waals surface area contributed by atoms with Crippen molar-refractivity contribution in [2.45, 2.75) is 19.4 Å². The Labute approximate surface area is 156 Å². The van der Waals surface area contributed by atoms with Crippen LogP contribution in [0.5, 0.6) is 0 Å². The summed E-state index contributed by atoms with van der Waals surface area (Å²) in [6.45, 7) is 3.40. The van der Waals surface area contributed by atoms with E-state index < -0.39 is 0 Å². The standard InChI is InChI=1S/C18H19ClN6O/c1-11(26)22-17-15-16(12-3-5-13(19)6-4-12)23-25(18(15)21-10-20-17)14-7-8-24(2)9-14/h3-6,10,14H,7-9H2,1-2H3,(H,20,21,22,26)/t14-/m1/s1. The number of benzene rings is 1. The van der Waals surface area contributed by atoms with E-state index in [0.29, 0.717) is 10.8 Å². The highest BCUT2D eigenvalue weighted by Gasteiger charge is 2.27. The average Bonchev–Trinajstić information content (AvgIpc) is 3.19. The Morgan fingerprint density at radius 3 is 2.69 bits per heavy atom. The third-order valence-corrected chi connectivity index (χ3v) is 4.87. The molecular formula is C18H19ClN6O. The van der Waals surface area contributed by atoms with Gasteiger partial charge >= 0.3 is 0 Å². The minimum atomic E-state index is -0.180. The van der Waals surface area contributed by atoms with Gasteiger partial charge in [0.1, 0.15) is 17.8 Å². The van der Waals surface area contributed by atoms with Crippen molar-refractivity contribution in [2.75, 3.05) is 25.5 Å². The first-order chi connectivity index (χ1) is 12.5. The summed E-state index contributed by atoms with van der Waals surface area (Å²) < 4.78 is 1.97. The van der Waals surface area contributed by atoms with Crippen LogP contribution in [-0.2, 0) is 4.79 Å². The number of likely N-dealkylation sites (tertiary alicyclic amines) is 1. The molecule has 1 atom stereocenters. The number of hydrogen-bond donors (Lipinski definition) is 1. The molecule has 3 aromatic rings. The van der Waals surface area contributed by atoms with Crippen molar-refractivity contribution >= 4 is 34.4 Å². The Kier molecular flexibility index (Phi) is 4.34. The molecule has 1 N–H and O–H groups in total. The van der Waals surface area contributed by atoms with E-state index in [-0.39, 0.29) is 11.9 Å². The number of aromatic nitrogens is 4. The van der Waals surface area contributed by atoms with Gasteiger partial charge < -0.3 is 10.2 Å². The van der Waals surface area contributed by atoms with Crippen molar-refractivity contribution in [3.05, 3.63) is 35.6 Å². The van der Waals surface area contributed by atoms with Gasteiger partial charge in [-0.2, -0.15) is 5.10 Å². The Balaban J connectivity index is 1.93. The molecule has 1 amide bonds. The molecule has 4 rings (SSSR count). The van der Waals surface area contributed by atoms with Gasteiger partial charge in [0.2, 0.25) is 5.91 Å². The van der Waals surface area contributed by atoms with Crippen LogP contribution in [-0.4, -0.2) is 50.7 Å². The third-order valence-electron chi connectivity index (χ3n) is 4.61. The molecule has 1 aromatic carbocycles. The third kappa shape index (κ3) is 3.04. The summed E-state index contributed by atoms with van der Waals surface area (Å²) in [4.78, 5) is 22.7. The van der Waals surface area contributed by atoms with Gasteiger partial charge in [-0.05, 0) is 25.6 Å². The lowest BCUT2D eigenvalue weighted by Crippen LogP contribution is -2.17. The Hall–Kier alpha value is -2.51. The van der Waals surface area contributed by atoms with Crippen LogP contribution in [0.25, 0.3) is 22.3 Å². The molecule has 1 aliphatic rings. The van der Waals surface area contributed by atoms with Crippen LogP contribution in [0, 0.1) is 0 Å². The predicted molar refractivity (Wildman–Crippen MR) is 101 cm³/mol. The Morgan fingerprint density at radius 2 is 2.04 bits per heavy atom. The van der Waals surface area contributed by atoms with Gasteiger partial charge in [-0.25, -0.2) is 14.6 Å². The van der Waals surface area contributed by atoms with E-state index in [1.54, 1.807) is 0 Å². The molecule has 0 aliphatic carbocycles. The first-order valence-electron chi connectivity index (χ1n) is 8.48. The molecule has 0 spiro atoms. The molecule has 7 nitrogen and oxygen atoms in total. The van der Waals surface area contributed by atoms with Crippen LogP contribution >= 0.6 is 11.6 Å². The quantitative estimate of drug-likeness (QED) is 0.767.